The summed E-state index contributed by atoms with van der Waals surface area (Å²) in [6, 6.07) is 19.0. The van der Waals surface area contributed by atoms with E-state index in [2.05, 4.69) is 17.5 Å². The summed E-state index contributed by atoms with van der Waals surface area (Å²) in [6.45, 7) is 2.00. The van der Waals surface area contributed by atoms with E-state index in [1.54, 1.807) is 42.5 Å². The molecule has 0 radical (unpaired) electrons. The second-order valence-corrected chi connectivity index (χ2v) is 8.07. The molecular formula is C27H27ClN2O5. The van der Waals surface area contributed by atoms with Crippen LogP contribution < -0.4 is 19.6 Å². The summed E-state index contributed by atoms with van der Waals surface area (Å²) in [5.41, 5.74) is 4.66. The number of carbonyl (C=O) groups excluding carboxylic acids is 2. The molecule has 0 saturated heterocycles. The molecule has 0 spiro atoms. The van der Waals surface area contributed by atoms with Crippen molar-refractivity contribution in [3.05, 3.63) is 88.4 Å². The fourth-order valence-corrected chi connectivity index (χ4v) is 3.21. The van der Waals surface area contributed by atoms with E-state index < -0.39 is 11.9 Å². The molecule has 7 nitrogen and oxygen atoms in total. The van der Waals surface area contributed by atoms with Crippen LogP contribution in [-0.4, -0.2) is 31.8 Å². The van der Waals surface area contributed by atoms with Crippen LogP contribution in [0.15, 0.2) is 71.8 Å². The molecule has 0 heterocycles. The second kappa shape index (κ2) is 13.2. The lowest BCUT2D eigenvalue weighted by atomic mass is 10.1. The van der Waals surface area contributed by atoms with Gasteiger partial charge in [-0.2, -0.15) is 5.10 Å². The third-order valence-electron chi connectivity index (χ3n) is 4.99. The minimum Gasteiger partial charge on any atom is -0.493 e. The van der Waals surface area contributed by atoms with Gasteiger partial charge >= 0.3 is 5.97 Å². The van der Waals surface area contributed by atoms with E-state index >= 15 is 0 Å². The number of amides is 1. The summed E-state index contributed by atoms with van der Waals surface area (Å²) in [7, 11) is 1.46. The van der Waals surface area contributed by atoms with Gasteiger partial charge in [0.15, 0.2) is 18.1 Å². The van der Waals surface area contributed by atoms with Crippen LogP contribution in [-0.2, 0) is 11.2 Å². The number of nitrogens with zero attached hydrogens (tertiary/aromatic N) is 1. The molecular weight excluding hydrogens is 468 g/mol. The standard InChI is InChI=1S/C27H27ClN2O5/c1-3-4-5-19-6-13-23(14-7-19)34-18-26(31)30-29-17-20-8-15-24(25(16-20)33-2)35-27(32)21-9-11-22(28)12-10-21/h6-17H,3-5,18H2,1-2H3,(H,30,31)/b29-17-. The number of methoxy groups -OCH3 is 1. The fourth-order valence-electron chi connectivity index (χ4n) is 3.09. The van der Waals surface area contributed by atoms with Crippen molar-refractivity contribution < 1.29 is 23.8 Å². The smallest absolute Gasteiger partial charge is 0.343 e. The lowest BCUT2D eigenvalue weighted by Crippen LogP contribution is -2.24. The molecule has 0 aliphatic carbocycles. The number of aryl methyl sites for hydroxylation is 1. The van der Waals surface area contributed by atoms with Crippen LogP contribution in [0.2, 0.25) is 5.02 Å². The minimum absolute atomic E-state index is 0.158. The average molecular weight is 495 g/mol. The third kappa shape index (κ3) is 8.15. The first kappa shape index (κ1) is 25.8. The van der Waals surface area contributed by atoms with Gasteiger partial charge < -0.3 is 14.2 Å². The van der Waals surface area contributed by atoms with Gasteiger partial charge in [0.2, 0.25) is 0 Å². The van der Waals surface area contributed by atoms with Crippen LogP contribution in [0.5, 0.6) is 17.2 Å². The summed E-state index contributed by atoms with van der Waals surface area (Å²) in [5.74, 6) is 0.287. The van der Waals surface area contributed by atoms with Crippen LogP contribution in [0.25, 0.3) is 0 Å². The number of ether oxygens (including phenoxy) is 3. The summed E-state index contributed by atoms with van der Waals surface area (Å²) >= 11 is 5.85. The summed E-state index contributed by atoms with van der Waals surface area (Å²) in [4.78, 5) is 24.4. The Morgan fingerprint density at radius 1 is 1.00 bits per heavy atom. The minimum atomic E-state index is -0.538. The van der Waals surface area contributed by atoms with E-state index in [0.29, 0.717) is 27.6 Å². The summed E-state index contributed by atoms with van der Waals surface area (Å²) < 4.78 is 16.2. The molecule has 35 heavy (non-hydrogen) atoms. The van der Waals surface area contributed by atoms with Gasteiger partial charge in [0.1, 0.15) is 5.75 Å². The van der Waals surface area contributed by atoms with E-state index in [-0.39, 0.29) is 12.4 Å². The zero-order chi connectivity index (χ0) is 25.0. The van der Waals surface area contributed by atoms with E-state index in [1.807, 2.05) is 24.3 Å². The number of rotatable bonds is 11. The highest BCUT2D eigenvalue weighted by molar-refractivity contribution is 6.30. The number of benzene rings is 3. The predicted molar refractivity (Wildman–Crippen MR) is 136 cm³/mol. The van der Waals surface area contributed by atoms with Crippen LogP contribution in [0.4, 0.5) is 0 Å². The number of nitrogens with one attached hydrogen (secondary N) is 1. The molecule has 0 aliphatic heterocycles. The molecule has 0 saturated carbocycles. The summed E-state index contributed by atoms with van der Waals surface area (Å²) in [5, 5.41) is 4.47. The van der Waals surface area contributed by atoms with Gasteiger partial charge in [-0.1, -0.05) is 37.1 Å². The highest BCUT2D eigenvalue weighted by atomic mass is 35.5. The van der Waals surface area contributed by atoms with Crippen molar-refractivity contribution in [3.63, 3.8) is 0 Å². The Balaban J connectivity index is 1.50. The first-order chi connectivity index (χ1) is 17.0. The Morgan fingerprint density at radius 3 is 2.43 bits per heavy atom. The zero-order valence-corrected chi connectivity index (χ0v) is 20.4. The van der Waals surface area contributed by atoms with E-state index in [4.69, 9.17) is 25.8 Å². The molecule has 0 bridgehead atoms. The van der Waals surface area contributed by atoms with Crippen molar-refractivity contribution in [2.75, 3.05) is 13.7 Å². The quantitative estimate of drug-likeness (QED) is 0.166. The number of carbonyl (C=O) groups is 2. The van der Waals surface area contributed by atoms with Gasteiger partial charge in [0.25, 0.3) is 5.91 Å². The fraction of sp³-hybridized carbons (Fsp3) is 0.222. The second-order valence-electron chi connectivity index (χ2n) is 7.64. The molecule has 3 aromatic rings. The first-order valence-corrected chi connectivity index (χ1v) is 11.6. The van der Waals surface area contributed by atoms with Crippen LogP contribution in [0, 0.1) is 0 Å². The maximum Gasteiger partial charge on any atom is 0.343 e. The maximum absolute atomic E-state index is 12.3. The van der Waals surface area contributed by atoms with Crippen molar-refractivity contribution in [1.29, 1.82) is 0 Å². The predicted octanol–water partition coefficient (Wildman–Crippen LogP) is 5.44. The Morgan fingerprint density at radius 2 is 1.74 bits per heavy atom. The van der Waals surface area contributed by atoms with E-state index in [1.165, 1.54) is 18.9 Å². The zero-order valence-electron chi connectivity index (χ0n) is 19.6. The molecule has 0 aliphatic rings. The molecule has 0 atom stereocenters. The number of esters is 1. The molecule has 1 N–H and O–H groups in total. The first-order valence-electron chi connectivity index (χ1n) is 11.2. The van der Waals surface area contributed by atoms with Crippen LogP contribution in [0.3, 0.4) is 0 Å². The van der Waals surface area contributed by atoms with E-state index in [9.17, 15) is 9.59 Å². The van der Waals surface area contributed by atoms with Crippen molar-refractivity contribution in [3.8, 4) is 17.2 Å². The van der Waals surface area contributed by atoms with Gasteiger partial charge in [-0.25, -0.2) is 10.2 Å². The number of unbranched alkanes of at least 4 members (excludes halogenated alkanes) is 1. The molecule has 8 heteroatoms. The molecule has 3 rings (SSSR count). The molecule has 0 aromatic heterocycles. The van der Waals surface area contributed by atoms with Crippen molar-refractivity contribution >= 4 is 29.7 Å². The Labute approximate surface area is 209 Å². The molecule has 0 fully saturated rings. The summed E-state index contributed by atoms with van der Waals surface area (Å²) in [6.07, 6.45) is 4.77. The largest absolute Gasteiger partial charge is 0.493 e. The van der Waals surface area contributed by atoms with Gasteiger partial charge in [-0.15, -0.1) is 0 Å². The number of hydrazone groups is 1. The van der Waals surface area contributed by atoms with Crippen LogP contribution in [0.1, 0.15) is 41.3 Å². The lowest BCUT2D eigenvalue weighted by Gasteiger charge is -2.10. The Hall–Kier alpha value is -3.84. The van der Waals surface area contributed by atoms with Gasteiger partial charge in [0, 0.05) is 5.02 Å². The molecule has 1 amide bonds. The highest BCUT2D eigenvalue weighted by Crippen LogP contribution is 2.28. The Bertz CT molecular complexity index is 1160. The molecule has 182 valence electrons. The van der Waals surface area contributed by atoms with Crippen molar-refractivity contribution in [2.45, 2.75) is 26.2 Å². The van der Waals surface area contributed by atoms with Crippen molar-refractivity contribution in [1.82, 2.24) is 5.43 Å². The van der Waals surface area contributed by atoms with Gasteiger partial charge in [-0.05, 0) is 78.6 Å². The Kier molecular flexibility index (Phi) is 9.69. The molecule has 0 unspecified atom stereocenters. The lowest BCUT2D eigenvalue weighted by molar-refractivity contribution is -0.123. The van der Waals surface area contributed by atoms with Crippen molar-refractivity contribution in [2.24, 2.45) is 5.10 Å². The third-order valence-corrected chi connectivity index (χ3v) is 5.24. The molecule has 3 aromatic carbocycles. The highest BCUT2D eigenvalue weighted by Gasteiger charge is 2.13. The average Bonchev–Trinajstić information content (AvgIpc) is 2.88. The number of halogens is 1. The van der Waals surface area contributed by atoms with E-state index in [0.717, 1.165) is 19.3 Å². The van der Waals surface area contributed by atoms with Gasteiger partial charge in [0.05, 0.1) is 18.9 Å². The SMILES string of the molecule is CCCCc1ccc(OCC(=O)N/N=C\c2ccc(OC(=O)c3ccc(Cl)cc3)c(OC)c2)cc1. The topological polar surface area (TPSA) is 86.2 Å². The number of hydrogen-bond donors (Lipinski definition) is 1. The number of hydrogen-bond acceptors (Lipinski definition) is 6. The van der Waals surface area contributed by atoms with Gasteiger partial charge in [-0.3, -0.25) is 4.79 Å². The maximum atomic E-state index is 12.3. The van der Waals surface area contributed by atoms with Crippen LogP contribution >= 0.6 is 11.6 Å². The monoisotopic (exact) mass is 494 g/mol. The normalized spacial score (nSPS) is 10.7.